The molecule has 1 aliphatic heterocycles. The van der Waals surface area contributed by atoms with Gasteiger partial charge in [0.05, 0.1) is 16.6 Å². The molecule has 0 radical (unpaired) electrons. The van der Waals surface area contributed by atoms with Crippen molar-refractivity contribution in [1.29, 1.82) is 5.26 Å². The first-order valence-corrected chi connectivity index (χ1v) is 9.09. The van der Waals surface area contributed by atoms with Gasteiger partial charge in [-0.05, 0) is 46.4 Å². The SMILES string of the molecule is C=CCOc1c(I)cc([C@H]2C(C#N)=C(N)Oc3cc(O)ccc32)cc1OC. The van der Waals surface area contributed by atoms with E-state index in [9.17, 15) is 10.4 Å². The maximum atomic E-state index is 9.75. The van der Waals surface area contributed by atoms with E-state index in [0.29, 0.717) is 29.4 Å². The lowest BCUT2D eigenvalue weighted by molar-refractivity contribution is 0.323. The summed E-state index contributed by atoms with van der Waals surface area (Å²) in [5, 5.41) is 19.4. The Morgan fingerprint density at radius 1 is 1.41 bits per heavy atom. The fourth-order valence-corrected chi connectivity index (χ4v) is 3.76. The normalized spacial score (nSPS) is 15.4. The van der Waals surface area contributed by atoms with Gasteiger partial charge >= 0.3 is 0 Å². The first-order chi connectivity index (χ1) is 13.0. The minimum atomic E-state index is -0.449. The fourth-order valence-electron chi connectivity index (χ4n) is 2.98. The Hall–Kier alpha value is -2.86. The number of aromatic hydroxyl groups is 1. The summed E-state index contributed by atoms with van der Waals surface area (Å²) >= 11 is 2.16. The number of hydrogen-bond acceptors (Lipinski definition) is 6. The Morgan fingerprint density at radius 3 is 2.85 bits per heavy atom. The molecule has 0 fully saturated rings. The second-order valence-corrected chi connectivity index (χ2v) is 6.94. The molecule has 2 aromatic carbocycles. The van der Waals surface area contributed by atoms with Crippen LogP contribution in [0, 0.1) is 14.9 Å². The monoisotopic (exact) mass is 476 g/mol. The zero-order chi connectivity index (χ0) is 19.6. The van der Waals surface area contributed by atoms with E-state index in [2.05, 4.69) is 35.2 Å². The van der Waals surface area contributed by atoms with E-state index in [1.165, 1.54) is 6.07 Å². The third kappa shape index (κ3) is 3.53. The molecule has 3 rings (SSSR count). The van der Waals surface area contributed by atoms with Gasteiger partial charge in [-0.3, -0.25) is 0 Å². The number of halogens is 1. The summed E-state index contributed by atoms with van der Waals surface area (Å²) in [6, 6.07) is 10.6. The highest BCUT2D eigenvalue weighted by Crippen LogP contribution is 2.46. The first-order valence-electron chi connectivity index (χ1n) is 8.01. The zero-order valence-corrected chi connectivity index (χ0v) is 16.7. The van der Waals surface area contributed by atoms with Crippen molar-refractivity contribution in [2.75, 3.05) is 13.7 Å². The van der Waals surface area contributed by atoms with Crippen molar-refractivity contribution in [3.05, 3.63) is 69.1 Å². The van der Waals surface area contributed by atoms with Gasteiger partial charge in [0.15, 0.2) is 11.5 Å². The van der Waals surface area contributed by atoms with Crippen LogP contribution in [0.3, 0.4) is 0 Å². The molecule has 2 aromatic rings. The largest absolute Gasteiger partial charge is 0.508 e. The van der Waals surface area contributed by atoms with E-state index in [1.54, 1.807) is 25.3 Å². The number of nitriles is 1. The number of phenolic OH excluding ortho intramolecular Hbond substituents is 1. The van der Waals surface area contributed by atoms with Crippen molar-refractivity contribution < 1.29 is 19.3 Å². The maximum Gasteiger partial charge on any atom is 0.205 e. The lowest BCUT2D eigenvalue weighted by atomic mass is 9.83. The van der Waals surface area contributed by atoms with Crippen LogP contribution in [0.15, 0.2) is 54.4 Å². The van der Waals surface area contributed by atoms with Crippen molar-refractivity contribution in [3.63, 3.8) is 0 Å². The number of methoxy groups -OCH3 is 1. The second kappa shape index (κ2) is 7.80. The van der Waals surface area contributed by atoms with Crippen molar-refractivity contribution >= 4 is 22.6 Å². The highest BCUT2D eigenvalue weighted by Gasteiger charge is 2.32. The van der Waals surface area contributed by atoms with Crippen molar-refractivity contribution in [2.24, 2.45) is 5.73 Å². The molecule has 0 aliphatic carbocycles. The van der Waals surface area contributed by atoms with Crippen molar-refractivity contribution in [3.8, 4) is 29.1 Å². The van der Waals surface area contributed by atoms with Crippen LogP contribution < -0.4 is 19.9 Å². The average Bonchev–Trinajstić information content (AvgIpc) is 2.65. The Kier molecular flexibility index (Phi) is 5.46. The van der Waals surface area contributed by atoms with E-state index in [0.717, 1.165) is 14.7 Å². The zero-order valence-electron chi connectivity index (χ0n) is 14.5. The smallest absolute Gasteiger partial charge is 0.205 e. The molecular weight excluding hydrogens is 459 g/mol. The van der Waals surface area contributed by atoms with Gasteiger partial charge in [0.1, 0.15) is 29.7 Å². The van der Waals surface area contributed by atoms with E-state index < -0.39 is 5.92 Å². The van der Waals surface area contributed by atoms with Gasteiger partial charge in [-0.25, -0.2) is 0 Å². The summed E-state index contributed by atoms with van der Waals surface area (Å²) in [5.74, 6) is 1.19. The van der Waals surface area contributed by atoms with Crippen LogP contribution in [0.5, 0.6) is 23.0 Å². The van der Waals surface area contributed by atoms with Gasteiger partial charge in [-0.15, -0.1) is 0 Å². The van der Waals surface area contributed by atoms with Crippen LogP contribution in [0.2, 0.25) is 0 Å². The third-order valence-electron chi connectivity index (χ3n) is 4.13. The molecule has 7 heteroatoms. The number of benzene rings is 2. The topological polar surface area (TPSA) is 97.7 Å². The van der Waals surface area contributed by atoms with Crippen LogP contribution in [0.1, 0.15) is 17.0 Å². The molecule has 1 aliphatic rings. The van der Waals surface area contributed by atoms with Gasteiger partial charge in [0.2, 0.25) is 5.88 Å². The highest BCUT2D eigenvalue weighted by atomic mass is 127. The maximum absolute atomic E-state index is 9.75. The minimum absolute atomic E-state index is 0.0153. The number of phenols is 1. The van der Waals surface area contributed by atoms with Gasteiger partial charge < -0.3 is 25.1 Å². The number of rotatable bonds is 5. The van der Waals surface area contributed by atoms with Gasteiger partial charge in [0.25, 0.3) is 0 Å². The number of nitrogens with two attached hydrogens (primary N) is 1. The molecule has 0 aromatic heterocycles. The summed E-state index contributed by atoms with van der Waals surface area (Å²) in [6.07, 6.45) is 1.65. The quantitative estimate of drug-likeness (QED) is 0.504. The van der Waals surface area contributed by atoms with Crippen LogP contribution in [-0.4, -0.2) is 18.8 Å². The number of hydrogen-bond donors (Lipinski definition) is 2. The van der Waals surface area contributed by atoms with E-state index in [-0.39, 0.29) is 11.6 Å². The molecule has 3 N–H and O–H groups in total. The van der Waals surface area contributed by atoms with Gasteiger partial charge in [0, 0.05) is 11.6 Å². The Morgan fingerprint density at radius 2 is 2.19 bits per heavy atom. The predicted molar refractivity (Wildman–Crippen MR) is 109 cm³/mol. The molecule has 1 heterocycles. The summed E-state index contributed by atoms with van der Waals surface area (Å²) in [4.78, 5) is 0. The molecule has 0 spiro atoms. The number of ether oxygens (including phenoxy) is 3. The molecule has 0 saturated heterocycles. The fraction of sp³-hybridized carbons (Fsp3) is 0.150. The lowest BCUT2D eigenvalue weighted by Gasteiger charge is -2.27. The molecular formula is C20H17IN2O4. The predicted octanol–water partition coefficient (Wildman–Crippen LogP) is 3.79. The standard InChI is InChI=1S/C20H17IN2O4/c1-3-6-26-19-15(21)7-11(8-17(19)25-2)18-13-5-4-12(24)9-16(13)27-20(23)14(18)10-22/h3-5,7-9,18,24H,1,6,23H2,2H3/t18-/m1/s1. The van der Waals surface area contributed by atoms with E-state index >= 15 is 0 Å². The Balaban J connectivity index is 2.18. The molecule has 0 bridgehead atoms. The lowest BCUT2D eigenvalue weighted by Crippen LogP contribution is -2.21. The second-order valence-electron chi connectivity index (χ2n) is 5.78. The molecule has 27 heavy (non-hydrogen) atoms. The van der Waals surface area contributed by atoms with Crippen molar-refractivity contribution in [1.82, 2.24) is 0 Å². The summed E-state index contributed by atoms with van der Waals surface area (Å²) in [7, 11) is 1.56. The molecule has 0 amide bonds. The van der Waals surface area contributed by atoms with E-state index in [1.807, 2.05) is 12.1 Å². The summed E-state index contributed by atoms with van der Waals surface area (Å²) in [5.41, 5.74) is 7.80. The van der Waals surface area contributed by atoms with Gasteiger partial charge in [-0.2, -0.15) is 5.26 Å². The van der Waals surface area contributed by atoms with Crippen LogP contribution >= 0.6 is 22.6 Å². The Labute approximate surface area is 170 Å². The minimum Gasteiger partial charge on any atom is -0.508 e. The molecule has 0 unspecified atom stereocenters. The average molecular weight is 476 g/mol. The number of nitrogens with zero attached hydrogens (tertiary/aromatic N) is 1. The van der Waals surface area contributed by atoms with Crippen LogP contribution in [-0.2, 0) is 0 Å². The van der Waals surface area contributed by atoms with Crippen LogP contribution in [0.25, 0.3) is 0 Å². The molecule has 0 saturated carbocycles. The highest BCUT2D eigenvalue weighted by molar-refractivity contribution is 14.1. The number of fused-ring (bicyclic) bond motifs is 1. The number of allylic oxidation sites excluding steroid dienone is 1. The summed E-state index contributed by atoms with van der Waals surface area (Å²) < 4.78 is 17.6. The molecule has 138 valence electrons. The summed E-state index contributed by atoms with van der Waals surface area (Å²) in [6.45, 7) is 4.00. The van der Waals surface area contributed by atoms with Gasteiger partial charge in [-0.1, -0.05) is 18.7 Å². The Bertz CT molecular complexity index is 979. The van der Waals surface area contributed by atoms with E-state index in [4.69, 9.17) is 19.9 Å². The van der Waals surface area contributed by atoms with Crippen molar-refractivity contribution in [2.45, 2.75) is 5.92 Å². The molecule has 6 nitrogen and oxygen atoms in total. The first kappa shape index (κ1) is 18.9. The van der Waals surface area contributed by atoms with Crippen LogP contribution in [0.4, 0.5) is 0 Å². The molecule has 1 atom stereocenters. The third-order valence-corrected chi connectivity index (χ3v) is 4.93.